The van der Waals surface area contributed by atoms with Gasteiger partial charge in [0.1, 0.15) is 17.1 Å². The molecule has 0 amide bonds. The number of nitrogen functional groups attached to an aromatic ring is 1. The van der Waals surface area contributed by atoms with E-state index in [1.54, 1.807) is 6.07 Å². The number of phenolic OH excluding ortho intramolecular Hbond substituents is 1. The Morgan fingerprint density at radius 3 is 2.71 bits per heavy atom. The van der Waals surface area contributed by atoms with Gasteiger partial charge in [0, 0.05) is 18.4 Å². The average molecular weight is 474 g/mol. The summed E-state index contributed by atoms with van der Waals surface area (Å²) in [5, 5.41) is 11.0. The Bertz CT molecular complexity index is 1390. The van der Waals surface area contributed by atoms with Crippen molar-refractivity contribution in [3.63, 3.8) is 0 Å². The first-order valence-electron chi connectivity index (χ1n) is 12.0. The number of rotatable bonds is 11. The fourth-order valence-electron chi connectivity index (χ4n) is 4.30. The van der Waals surface area contributed by atoms with Crippen LogP contribution < -0.4 is 5.73 Å². The Hall–Kier alpha value is -3.74. The molecule has 2 aromatic carbocycles. The zero-order valence-electron chi connectivity index (χ0n) is 20.3. The summed E-state index contributed by atoms with van der Waals surface area (Å²) in [5.41, 5.74) is 11.9. The quantitative estimate of drug-likeness (QED) is 0.189. The largest absolute Gasteiger partial charge is 0.508 e. The van der Waals surface area contributed by atoms with E-state index in [1.807, 2.05) is 31.2 Å². The molecule has 8 heteroatoms. The SMILES string of the molecule is CCCCc1nc2c(N)nc3ccc(CCOCCN=C=O)cc3c2n1Cc1ccc(O)c(C)c1. The van der Waals surface area contributed by atoms with Crippen molar-refractivity contribution < 1.29 is 14.6 Å². The van der Waals surface area contributed by atoms with Crippen molar-refractivity contribution in [1.82, 2.24) is 14.5 Å². The van der Waals surface area contributed by atoms with E-state index >= 15 is 0 Å². The summed E-state index contributed by atoms with van der Waals surface area (Å²) in [5.74, 6) is 1.70. The molecule has 2 heterocycles. The Kier molecular flexibility index (Phi) is 7.75. The van der Waals surface area contributed by atoms with Gasteiger partial charge < -0.3 is 20.1 Å². The molecule has 0 aliphatic heterocycles. The Morgan fingerprint density at radius 1 is 1.11 bits per heavy atom. The number of carbonyl (C=O) groups excluding carboxylic acids is 1. The van der Waals surface area contributed by atoms with Crippen LogP contribution in [0.1, 0.15) is 42.3 Å². The number of unbranched alkanes of at least 4 members (excludes halogenated alkanes) is 1. The lowest BCUT2D eigenvalue weighted by atomic mass is 10.1. The number of benzene rings is 2. The number of hydrogen-bond donors (Lipinski definition) is 2. The molecule has 8 nitrogen and oxygen atoms in total. The molecule has 0 aliphatic rings. The van der Waals surface area contributed by atoms with Crippen molar-refractivity contribution in [3.8, 4) is 5.75 Å². The number of imidazole rings is 1. The molecule has 182 valence electrons. The Morgan fingerprint density at radius 2 is 1.94 bits per heavy atom. The molecule has 0 aliphatic carbocycles. The number of isocyanates is 1. The number of nitrogens with zero attached hydrogens (tertiary/aromatic N) is 4. The van der Waals surface area contributed by atoms with E-state index in [0.29, 0.717) is 37.9 Å². The molecule has 0 saturated carbocycles. The molecular weight excluding hydrogens is 442 g/mol. The lowest BCUT2D eigenvalue weighted by molar-refractivity contribution is 0.145. The van der Waals surface area contributed by atoms with Crippen LogP contribution in [-0.2, 0) is 28.9 Å². The highest BCUT2D eigenvalue weighted by atomic mass is 16.5. The first-order valence-corrected chi connectivity index (χ1v) is 12.0. The average Bonchev–Trinajstić information content (AvgIpc) is 3.21. The molecule has 0 saturated heterocycles. The van der Waals surface area contributed by atoms with Gasteiger partial charge in [-0.1, -0.05) is 31.5 Å². The van der Waals surface area contributed by atoms with Crippen molar-refractivity contribution in [3.05, 3.63) is 58.9 Å². The van der Waals surface area contributed by atoms with Crippen molar-refractivity contribution in [1.29, 1.82) is 0 Å². The van der Waals surface area contributed by atoms with E-state index < -0.39 is 0 Å². The van der Waals surface area contributed by atoms with E-state index in [4.69, 9.17) is 15.5 Å². The molecule has 0 spiro atoms. The zero-order valence-corrected chi connectivity index (χ0v) is 20.3. The highest BCUT2D eigenvalue weighted by Gasteiger charge is 2.18. The molecule has 0 bridgehead atoms. The molecule has 0 radical (unpaired) electrons. The number of anilines is 1. The van der Waals surface area contributed by atoms with Gasteiger partial charge in [0.15, 0.2) is 5.82 Å². The van der Waals surface area contributed by atoms with Gasteiger partial charge in [-0.05, 0) is 54.7 Å². The van der Waals surface area contributed by atoms with Gasteiger partial charge in [-0.2, -0.15) is 0 Å². The van der Waals surface area contributed by atoms with Crippen molar-refractivity contribution in [2.75, 3.05) is 25.5 Å². The summed E-state index contributed by atoms with van der Waals surface area (Å²) in [6, 6.07) is 11.9. The van der Waals surface area contributed by atoms with Gasteiger partial charge in [-0.3, -0.25) is 0 Å². The third-order valence-corrected chi connectivity index (χ3v) is 6.15. The fraction of sp³-hybridized carbons (Fsp3) is 0.370. The molecule has 0 fully saturated rings. The Balaban J connectivity index is 1.76. The maximum atomic E-state index is 10.2. The summed E-state index contributed by atoms with van der Waals surface area (Å²) in [6.07, 6.45) is 5.18. The summed E-state index contributed by atoms with van der Waals surface area (Å²) >= 11 is 0. The maximum Gasteiger partial charge on any atom is 0.235 e. The number of aliphatic imine (C=N–C) groups is 1. The van der Waals surface area contributed by atoms with Crippen molar-refractivity contribution in [2.45, 2.75) is 46.1 Å². The minimum atomic E-state index is 0.291. The van der Waals surface area contributed by atoms with Gasteiger partial charge in [-0.25, -0.2) is 19.8 Å². The second kappa shape index (κ2) is 11.1. The second-order valence-electron chi connectivity index (χ2n) is 8.72. The second-order valence-corrected chi connectivity index (χ2v) is 8.72. The number of nitrogens with two attached hydrogens (primary N) is 1. The van der Waals surface area contributed by atoms with Gasteiger partial charge in [0.25, 0.3) is 0 Å². The first kappa shape index (κ1) is 24.4. The monoisotopic (exact) mass is 473 g/mol. The molecular formula is C27H31N5O3. The first-order chi connectivity index (χ1) is 17.0. The summed E-state index contributed by atoms with van der Waals surface area (Å²) in [6.45, 7) is 5.94. The predicted octanol–water partition coefficient (Wildman–Crippen LogP) is 4.47. The molecule has 2 aromatic heterocycles. The molecule has 35 heavy (non-hydrogen) atoms. The van der Waals surface area contributed by atoms with Gasteiger partial charge >= 0.3 is 0 Å². The highest BCUT2D eigenvalue weighted by molar-refractivity contribution is 6.06. The van der Waals surface area contributed by atoms with E-state index in [1.165, 1.54) is 6.08 Å². The number of aromatic nitrogens is 3. The van der Waals surface area contributed by atoms with Crippen LogP contribution >= 0.6 is 0 Å². The molecule has 4 rings (SSSR count). The fourth-order valence-corrected chi connectivity index (χ4v) is 4.30. The number of fused-ring (bicyclic) bond motifs is 3. The predicted molar refractivity (Wildman–Crippen MR) is 138 cm³/mol. The number of aryl methyl sites for hydroxylation is 2. The lowest BCUT2D eigenvalue weighted by Gasteiger charge is -2.13. The number of aromatic hydroxyl groups is 1. The van der Waals surface area contributed by atoms with Gasteiger partial charge in [-0.15, -0.1) is 0 Å². The van der Waals surface area contributed by atoms with Crippen LogP contribution in [0, 0.1) is 6.92 Å². The van der Waals surface area contributed by atoms with Crippen LogP contribution in [-0.4, -0.2) is 45.5 Å². The van der Waals surface area contributed by atoms with Crippen LogP contribution in [0.5, 0.6) is 5.75 Å². The van der Waals surface area contributed by atoms with Crippen LogP contribution in [0.3, 0.4) is 0 Å². The number of pyridine rings is 1. The molecule has 0 unspecified atom stereocenters. The molecule has 3 N–H and O–H groups in total. The van der Waals surface area contributed by atoms with E-state index in [0.717, 1.165) is 70.1 Å². The Labute approximate surface area is 204 Å². The third kappa shape index (κ3) is 5.50. The number of hydrogen-bond acceptors (Lipinski definition) is 7. The summed E-state index contributed by atoms with van der Waals surface area (Å²) in [7, 11) is 0. The van der Waals surface area contributed by atoms with Gasteiger partial charge in [0.2, 0.25) is 6.08 Å². The van der Waals surface area contributed by atoms with Crippen molar-refractivity contribution >= 4 is 33.8 Å². The lowest BCUT2D eigenvalue weighted by Crippen LogP contribution is -2.06. The normalized spacial score (nSPS) is 11.3. The number of ether oxygens (including phenoxy) is 1. The third-order valence-electron chi connectivity index (χ3n) is 6.15. The van der Waals surface area contributed by atoms with Gasteiger partial charge in [0.05, 0.1) is 30.8 Å². The van der Waals surface area contributed by atoms with Crippen LogP contribution in [0.4, 0.5) is 5.82 Å². The standard InChI is InChI=1S/C27H31N5O3/c1-3-4-5-24-31-25-26(32(24)16-20-7-9-23(34)18(2)14-20)21-15-19(6-8-22(21)30-27(25)28)10-12-35-13-11-29-17-33/h6-9,14-15,34H,3-5,10-13,16H2,1-2H3,(H2,28,30). The maximum absolute atomic E-state index is 10.2. The van der Waals surface area contributed by atoms with E-state index in [-0.39, 0.29) is 0 Å². The summed E-state index contributed by atoms with van der Waals surface area (Å²) in [4.78, 5) is 23.2. The molecule has 0 atom stereocenters. The smallest absolute Gasteiger partial charge is 0.235 e. The van der Waals surface area contributed by atoms with E-state index in [2.05, 4.69) is 27.5 Å². The molecule has 4 aromatic rings. The van der Waals surface area contributed by atoms with E-state index in [9.17, 15) is 9.90 Å². The minimum Gasteiger partial charge on any atom is -0.508 e. The van der Waals surface area contributed by atoms with Crippen LogP contribution in [0.2, 0.25) is 0 Å². The zero-order chi connectivity index (χ0) is 24.8. The summed E-state index contributed by atoms with van der Waals surface area (Å²) < 4.78 is 7.83. The van der Waals surface area contributed by atoms with Crippen LogP contribution in [0.25, 0.3) is 21.9 Å². The topological polar surface area (TPSA) is 116 Å². The minimum absolute atomic E-state index is 0.291. The number of phenols is 1. The van der Waals surface area contributed by atoms with Crippen LogP contribution in [0.15, 0.2) is 41.4 Å². The highest BCUT2D eigenvalue weighted by Crippen LogP contribution is 2.31. The van der Waals surface area contributed by atoms with Crippen molar-refractivity contribution in [2.24, 2.45) is 4.99 Å².